The molecule has 0 heterocycles. The Morgan fingerprint density at radius 2 is 2.25 bits per heavy atom. The van der Waals surface area contributed by atoms with E-state index in [2.05, 4.69) is 0 Å². The molecular weight excluding hydrogens is 104 g/mol. The Labute approximate surface area is 48.8 Å². The van der Waals surface area contributed by atoms with Crippen molar-refractivity contribution in [1.29, 1.82) is 0 Å². The van der Waals surface area contributed by atoms with Crippen LogP contribution in [0.3, 0.4) is 0 Å². The predicted molar refractivity (Wildman–Crippen MR) is 29.7 cm³/mol. The van der Waals surface area contributed by atoms with Gasteiger partial charge < -0.3 is 0 Å². The molecule has 0 rings (SSSR count). The van der Waals surface area contributed by atoms with E-state index in [1.807, 2.05) is 6.92 Å². The summed E-state index contributed by atoms with van der Waals surface area (Å²) in [4.78, 5) is 9.68. The van der Waals surface area contributed by atoms with Crippen LogP contribution in [0.5, 0.6) is 0 Å². The van der Waals surface area contributed by atoms with E-state index in [-0.39, 0.29) is 0 Å². The van der Waals surface area contributed by atoms with Gasteiger partial charge in [-0.25, -0.2) is 9.90 Å². The first kappa shape index (κ1) is 7.21. The summed E-state index contributed by atoms with van der Waals surface area (Å²) in [6.45, 7) is 1.99. The lowest BCUT2D eigenvalue weighted by Crippen LogP contribution is -1.81. The molecule has 0 aliphatic carbocycles. The SMILES string of the molecule is CCC/C=C/C([O])=O. The summed E-state index contributed by atoms with van der Waals surface area (Å²) >= 11 is 0. The monoisotopic (exact) mass is 113 g/mol. The molecule has 0 aromatic carbocycles. The Bertz CT molecular complexity index is 94.7. The lowest BCUT2D eigenvalue weighted by atomic mass is 10.3. The molecular formula is C6H9O2. The highest BCUT2D eigenvalue weighted by Gasteiger charge is 1.85. The molecule has 0 aromatic heterocycles. The topological polar surface area (TPSA) is 37.0 Å². The zero-order chi connectivity index (χ0) is 6.41. The van der Waals surface area contributed by atoms with Crippen LogP contribution in [0.2, 0.25) is 0 Å². The van der Waals surface area contributed by atoms with E-state index in [9.17, 15) is 9.90 Å². The highest BCUT2D eigenvalue weighted by Crippen LogP contribution is 1.86. The molecule has 0 bridgehead atoms. The number of carbonyl (C=O) groups is 1. The normalized spacial score (nSPS) is 10.1. The van der Waals surface area contributed by atoms with Crippen molar-refractivity contribution in [3.63, 3.8) is 0 Å². The average molecular weight is 113 g/mol. The van der Waals surface area contributed by atoms with Gasteiger partial charge in [0, 0.05) is 6.08 Å². The maximum absolute atomic E-state index is 9.68. The molecule has 8 heavy (non-hydrogen) atoms. The van der Waals surface area contributed by atoms with Crippen molar-refractivity contribution in [2.45, 2.75) is 19.8 Å². The Kier molecular flexibility index (Phi) is 3.94. The standard InChI is InChI=1S/C6H9O2/c1-2-3-4-5-6(7)8/h4-5H,2-3H2,1H3/b5-4+. The van der Waals surface area contributed by atoms with Gasteiger partial charge >= 0.3 is 5.97 Å². The molecule has 0 N–H and O–H groups in total. The molecule has 0 saturated carbocycles. The molecule has 0 aliphatic heterocycles. The molecule has 0 amide bonds. The van der Waals surface area contributed by atoms with Gasteiger partial charge in [0.1, 0.15) is 0 Å². The second-order valence-electron chi connectivity index (χ2n) is 1.51. The second-order valence-corrected chi connectivity index (χ2v) is 1.51. The van der Waals surface area contributed by atoms with Crippen LogP contribution in [0.15, 0.2) is 12.2 Å². The highest BCUT2D eigenvalue weighted by molar-refractivity contribution is 5.79. The fourth-order valence-corrected chi connectivity index (χ4v) is 0.346. The third-order valence-electron chi connectivity index (χ3n) is 0.709. The Morgan fingerprint density at radius 1 is 1.62 bits per heavy atom. The van der Waals surface area contributed by atoms with Crippen LogP contribution < -0.4 is 0 Å². The number of allylic oxidation sites excluding steroid dienone is 1. The summed E-state index contributed by atoms with van der Waals surface area (Å²) in [6, 6.07) is 0. The van der Waals surface area contributed by atoms with Crippen LogP contribution in [0.1, 0.15) is 19.8 Å². The van der Waals surface area contributed by atoms with Gasteiger partial charge in [0.15, 0.2) is 0 Å². The van der Waals surface area contributed by atoms with E-state index >= 15 is 0 Å². The molecule has 0 spiro atoms. The summed E-state index contributed by atoms with van der Waals surface area (Å²) in [6.07, 6.45) is 4.44. The molecule has 0 unspecified atom stereocenters. The fraction of sp³-hybridized carbons (Fsp3) is 0.500. The quantitative estimate of drug-likeness (QED) is 0.508. The maximum atomic E-state index is 9.68. The van der Waals surface area contributed by atoms with Gasteiger partial charge in [-0.3, -0.25) is 0 Å². The third-order valence-corrected chi connectivity index (χ3v) is 0.709. The molecule has 0 aliphatic rings. The first-order valence-electron chi connectivity index (χ1n) is 2.65. The first-order valence-corrected chi connectivity index (χ1v) is 2.65. The molecule has 2 nitrogen and oxygen atoms in total. The van der Waals surface area contributed by atoms with E-state index in [1.54, 1.807) is 6.08 Å². The van der Waals surface area contributed by atoms with E-state index in [4.69, 9.17) is 0 Å². The number of rotatable bonds is 3. The van der Waals surface area contributed by atoms with E-state index in [0.717, 1.165) is 18.9 Å². The second kappa shape index (κ2) is 4.37. The predicted octanol–water partition coefficient (Wildman–Crippen LogP) is 1.30. The molecule has 0 saturated heterocycles. The van der Waals surface area contributed by atoms with Crippen molar-refractivity contribution in [3.05, 3.63) is 12.2 Å². The van der Waals surface area contributed by atoms with Gasteiger partial charge in [-0.05, 0) is 6.42 Å². The zero-order valence-corrected chi connectivity index (χ0v) is 4.89. The van der Waals surface area contributed by atoms with E-state index in [0.29, 0.717) is 0 Å². The average Bonchev–Trinajstić information content (AvgIpc) is 1.66. The van der Waals surface area contributed by atoms with Crippen LogP contribution >= 0.6 is 0 Å². The number of hydrogen-bond donors (Lipinski definition) is 0. The summed E-state index contributed by atoms with van der Waals surface area (Å²) < 4.78 is 0. The summed E-state index contributed by atoms with van der Waals surface area (Å²) in [5.41, 5.74) is 0. The minimum atomic E-state index is -1.11. The van der Waals surface area contributed by atoms with Gasteiger partial charge in [0.2, 0.25) is 0 Å². The Hall–Kier alpha value is -0.790. The molecule has 45 valence electrons. The van der Waals surface area contributed by atoms with Crippen molar-refractivity contribution >= 4 is 5.97 Å². The van der Waals surface area contributed by atoms with Gasteiger partial charge in [-0.1, -0.05) is 19.4 Å². The van der Waals surface area contributed by atoms with Crippen LogP contribution in [0.25, 0.3) is 0 Å². The smallest absolute Gasteiger partial charge is 0.242 e. The fourth-order valence-electron chi connectivity index (χ4n) is 0.346. The molecule has 0 atom stereocenters. The maximum Gasteiger partial charge on any atom is 0.378 e. The lowest BCUT2D eigenvalue weighted by Gasteiger charge is -1.77. The Balaban J connectivity index is 3.20. The third kappa shape index (κ3) is 5.21. The number of unbranched alkanes of at least 4 members (excludes halogenated alkanes) is 1. The summed E-state index contributed by atoms with van der Waals surface area (Å²) in [5, 5.41) is 9.68. The highest BCUT2D eigenvalue weighted by atomic mass is 16.4. The molecule has 1 radical (unpaired) electrons. The molecule has 2 heteroatoms. The van der Waals surface area contributed by atoms with Crippen molar-refractivity contribution in [2.24, 2.45) is 0 Å². The van der Waals surface area contributed by atoms with Crippen molar-refractivity contribution in [2.75, 3.05) is 0 Å². The van der Waals surface area contributed by atoms with E-state index < -0.39 is 5.97 Å². The van der Waals surface area contributed by atoms with Crippen LogP contribution in [0, 0.1) is 0 Å². The molecule has 0 fully saturated rings. The van der Waals surface area contributed by atoms with Crippen molar-refractivity contribution in [1.82, 2.24) is 0 Å². The van der Waals surface area contributed by atoms with Crippen LogP contribution in [-0.2, 0) is 9.90 Å². The van der Waals surface area contributed by atoms with Crippen molar-refractivity contribution in [3.8, 4) is 0 Å². The van der Waals surface area contributed by atoms with Crippen LogP contribution in [0.4, 0.5) is 0 Å². The minimum absolute atomic E-state index is 0.813. The number of carbonyl (C=O) groups excluding carboxylic acids is 1. The first-order chi connectivity index (χ1) is 3.77. The van der Waals surface area contributed by atoms with E-state index in [1.165, 1.54) is 0 Å². The van der Waals surface area contributed by atoms with Gasteiger partial charge in [-0.2, -0.15) is 0 Å². The van der Waals surface area contributed by atoms with Gasteiger partial charge in [0.05, 0.1) is 0 Å². The van der Waals surface area contributed by atoms with Gasteiger partial charge in [-0.15, -0.1) is 0 Å². The lowest BCUT2D eigenvalue weighted by molar-refractivity contribution is -0.137. The van der Waals surface area contributed by atoms with Gasteiger partial charge in [0.25, 0.3) is 0 Å². The van der Waals surface area contributed by atoms with Crippen LogP contribution in [-0.4, -0.2) is 5.97 Å². The number of hydrogen-bond acceptors (Lipinski definition) is 1. The molecule has 0 aromatic rings. The summed E-state index contributed by atoms with van der Waals surface area (Å²) in [5.74, 6) is -1.11. The summed E-state index contributed by atoms with van der Waals surface area (Å²) in [7, 11) is 0. The largest absolute Gasteiger partial charge is 0.378 e. The Morgan fingerprint density at radius 3 is 2.62 bits per heavy atom. The van der Waals surface area contributed by atoms with Crippen molar-refractivity contribution < 1.29 is 9.90 Å². The zero-order valence-electron chi connectivity index (χ0n) is 4.89. The minimum Gasteiger partial charge on any atom is -0.242 e.